The predicted molar refractivity (Wildman–Crippen MR) is 26.1 cm³/mol. The lowest BCUT2D eigenvalue weighted by Gasteiger charge is -2.14. The van der Waals surface area contributed by atoms with Crippen molar-refractivity contribution in [3.8, 4) is 0 Å². The highest BCUT2D eigenvalue weighted by atomic mass is 16.5. The minimum atomic E-state index is -0.453. The van der Waals surface area contributed by atoms with Crippen LogP contribution in [0.4, 0.5) is 0 Å². The molecule has 0 spiro atoms. The van der Waals surface area contributed by atoms with E-state index in [1.54, 1.807) is 0 Å². The topological polar surface area (TPSA) is 40.5 Å². The summed E-state index contributed by atoms with van der Waals surface area (Å²) in [5, 5.41) is 16.6. The molecule has 2 N–H and O–H groups in total. The highest BCUT2D eigenvalue weighted by molar-refractivity contribution is 5.08. The lowest BCUT2D eigenvalue weighted by Crippen LogP contribution is -2.00. The first kappa shape index (κ1) is 4.50. The van der Waals surface area contributed by atoms with Crippen molar-refractivity contribution >= 4 is 0 Å². The van der Waals surface area contributed by atoms with Gasteiger partial charge in [0.05, 0.1) is 0 Å². The van der Waals surface area contributed by atoms with Crippen LogP contribution < -0.4 is 0 Å². The van der Waals surface area contributed by atoms with Crippen molar-refractivity contribution in [1.29, 1.82) is 0 Å². The molecule has 1 saturated carbocycles. The molecule has 0 heterocycles. The first-order chi connectivity index (χ1) is 3.30. The summed E-state index contributed by atoms with van der Waals surface area (Å²) in [7, 11) is 0. The minimum absolute atomic E-state index is 0.453. The van der Waals surface area contributed by atoms with Gasteiger partial charge in [-0.25, -0.2) is 0 Å². The normalized spacial score (nSPS) is 18.6. The lowest BCUT2D eigenvalue weighted by atomic mass is 9.93. The first-order valence-corrected chi connectivity index (χ1v) is 2.40. The Bertz CT molecular complexity index is 94.6. The molecule has 0 amide bonds. The monoisotopic (exact) mass is 100 g/mol. The quantitative estimate of drug-likeness (QED) is 0.453. The molecule has 0 aromatic heterocycles. The van der Waals surface area contributed by atoms with Gasteiger partial charge in [0.1, 0.15) is 0 Å². The van der Waals surface area contributed by atoms with Crippen molar-refractivity contribution in [1.82, 2.24) is 0 Å². The summed E-state index contributed by atoms with van der Waals surface area (Å²) >= 11 is 0. The van der Waals surface area contributed by atoms with Crippen molar-refractivity contribution < 1.29 is 10.2 Å². The Morgan fingerprint density at radius 2 is 1.86 bits per heavy atom. The van der Waals surface area contributed by atoms with Crippen molar-refractivity contribution in [3.05, 3.63) is 11.5 Å². The fourth-order valence-electron chi connectivity index (χ4n) is 0.577. The van der Waals surface area contributed by atoms with Crippen LogP contribution in [-0.4, -0.2) is 10.2 Å². The molecule has 0 unspecified atom stereocenters. The van der Waals surface area contributed by atoms with E-state index in [0.29, 0.717) is 0 Å². The van der Waals surface area contributed by atoms with Gasteiger partial charge in [-0.1, -0.05) is 0 Å². The minimum Gasteiger partial charge on any atom is -0.481 e. The molecular formula is C5H8O2. The third-order valence-electron chi connectivity index (χ3n) is 1.27. The highest BCUT2D eigenvalue weighted by Gasteiger charge is 2.12. The molecule has 2 heteroatoms. The van der Waals surface area contributed by atoms with E-state index in [4.69, 9.17) is 10.2 Å². The second-order valence-electron chi connectivity index (χ2n) is 1.78. The molecule has 0 aromatic carbocycles. The molecule has 1 aliphatic carbocycles. The molecule has 1 fully saturated rings. The first-order valence-electron chi connectivity index (χ1n) is 2.40. The molecule has 0 radical (unpaired) electrons. The van der Waals surface area contributed by atoms with Crippen LogP contribution in [0.25, 0.3) is 0 Å². The Morgan fingerprint density at radius 1 is 1.29 bits per heavy atom. The highest BCUT2D eigenvalue weighted by Crippen LogP contribution is 2.26. The summed E-state index contributed by atoms with van der Waals surface area (Å²) < 4.78 is 0. The summed E-state index contributed by atoms with van der Waals surface area (Å²) in [4.78, 5) is 0. The molecule has 7 heavy (non-hydrogen) atoms. The maximum absolute atomic E-state index is 8.31. The van der Waals surface area contributed by atoms with Crippen molar-refractivity contribution in [2.45, 2.75) is 19.3 Å². The second-order valence-corrected chi connectivity index (χ2v) is 1.78. The zero-order chi connectivity index (χ0) is 5.28. The van der Waals surface area contributed by atoms with Crippen LogP contribution in [-0.2, 0) is 0 Å². The van der Waals surface area contributed by atoms with Gasteiger partial charge in [0.15, 0.2) is 0 Å². The van der Waals surface area contributed by atoms with Gasteiger partial charge >= 0.3 is 0 Å². The number of aliphatic hydroxyl groups excluding tert-OH is 1. The van der Waals surface area contributed by atoms with Crippen molar-refractivity contribution in [2.75, 3.05) is 0 Å². The third kappa shape index (κ3) is 0.683. The van der Waals surface area contributed by atoms with Gasteiger partial charge in [-0.2, -0.15) is 0 Å². The largest absolute Gasteiger partial charge is 0.481 e. The van der Waals surface area contributed by atoms with Crippen LogP contribution in [0, 0.1) is 0 Å². The average Bonchev–Trinajstić information content (AvgIpc) is 1.23. The molecular weight excluding hydrogens is 92.1 g/mol. The number of aliphatic hydroxyl groups is 2. The van der Waals surface area contributed by atoms with Crippen LogP contribution in [0.1, 0.15) is 19.3 Å². The predicted octanol–water partition coefficient (Wildman–Crippen LogP) is 1.50. The standard InChI is InChI=1S/C5H8O2/c6-5(7)4-2-1-3-4/h6-7H,1-3H2. The van der Waals surface area contributed by atoms with E-state index in [0.717, 1.165) is 24.8 Å². The van der Waals surface area contributed by atoms with E-state index in [-0.39, 0.29) is 0 Å². The molecule has 0 atom stereocenters. The van der Waals surface area contributed by atoms with Gasteiger partial charge in [0.2, 0.25) is 0 Å². The maximum atomic E-state index is 8.31. The van der Waals surface area contributed by atoms with Crippen LogP contribution in [0.3, 0.4) is 0 Å². The van der Waals surface area contributed by atoms with Gasteiger partial charge < -0.3 is 10.2 Å². The van der Waals surface area contributed by atoms with Gasteiger partial charge in [0.25, 0.3) is 5.95 Å². The van der Waals surface area contributed by atoms with Crippen LogP contribution in [0.2, 0.25) is 0 Å². The van der Waals surface area contributed by atoms with Crippen LogP contribution in [0.15, 0.2) is 11.5 Å². The molecule has 0 saturated heterocycles. The average molecular weight is 100 g/mol. The summed E-state index contributed by atoms with van der Waals surface area (Å²) in [6.45, 7) is 0. The van der Waals surface area contributed by atoms with E-state index in [2.05, 4.69) is 0 Å². The SMILES string of the molecule is OC(O)=C1CCC1. The van der Waals surface area contributed by atoms with E-state index in [1.165, 1.54) is 0 Å². The summed E-state index contributed by atoms with van der Waals surface area (Å²) in [5.41, 5.74) is 0.806. The Kier molecular flexibility index (Phi) is 0.929. The molecule has 40 valence electrons. The van der Waals surface area contributed by atoms with Gasteiger partial charge in [0, 0.05) is 5.57 Å². The summed E-state index contributed by atoms with van der Waals surface area (Å²) in [5.74, 6) is -0.453. The number of hydrogen-bond donors (Lipinski definition) is 2. The Labute approximate surface area is 42.1 Å². The third-order valence-corrected chi connectivity index (χ3v) is 1.27. The maximum Gasteiger partial charge on any atom is 0.273 e. The van der Waals surface area contributed by atoms with Crippen LogP contribution in [0.5, 0.6) is 0 Å². The van der Waals surface area contributed by atoms with Gasteiger partial charge in [-0.15, -0.1) is 0 Å². The van der Waals surface area contributed by atoms with Crippen LogP contribution >= 0.6 is 0 Å². The van der Waals surface area contributed by atoms with Gasteiger partial charge in [-0.3, -0.25) is 0 Å². The number of allylic oxidation sites excluding steroid dienone is 1. The summed E-state index contributed by atoms with van der Waals surface area (Å²) in [6, 6.07) is 0. The second kappa shape index (κ2) is 1.45. The summed E-state index contributed by atoms with van der Waals surface area (Å²) in [6.07, 6.45) is 2.87. The molecule has 1 aliphatic rings. The van der Waals surface area contributed by atoms with E-state index in [9.17, 15) is 0 Å². The molecule has 0 aromatic rings. The van der Waals surface area contributed by atoms with E-state index < -0.39 is 5.95 Å². The molecule has 2 nitrogen and oxygen atoms in total. The number of rotatable bonds is 0. The number of hydrogen-bond acceptors (Lipinski definition) is 2. The zero-order valence-corrected chi connectivity index (χ0v) is 4.02. The smallest absolute Gasteiger partial charge is 0.273 e. The fourth-order valence-corrected chi connectivity index (χ4v) is 0.577. The Morgan fingerprint density at radius 3 is 1.86 bits per heavy atom. The molecule has 1 rings (SSSR count). The van der Waals surface area contributed by atoms with E-state index in [1.807, 2.05) is 0 Å². The fraction of sp³-hybridized carbons (Fsp3) is 0.600. The van der Waals surface area contributed by atoms with E-state index >= 15 is 0 Å². The zero-order valence-electron chi connectivity index (χ0n) is 4.02. The van der Waals surface area contributed by atoms with Crippen molar-refractivity contribution in [2.24, 2.45) is 0 Å². The Hall–Kier alpha value is -0.660. The molecule has 0 aliphatic heterocycles. The lowest BCUT2D eigenvalue weighted by molar-refractivity contribution is 0.176. The van der Waals surface area contributed by atoms with Gasteiger partial charge in [-0.05, 0) is 19.3 Å². The van der Waals surface area contributed by atoms with Crippen molar-refractivity contribution in [3.63, 3.8) is 0 Å². The Balaban J connectivity index is 2.52. The molecule has 0 bridgehead atoms.